The van der Waals surface area contributed by atoms with Gasteiger partial charge in [0.25, 0.3) is 0 Å². The van der Waals surface area contributed by atoms with E-state index in [9.17, 15) is 0 Å². The van der Waals surface area contributed by atoms with Gasteiger partial charge in [-0.15, -0.1) is 0 Å². The fourth-order valence-electron chi connectivity index (χ4n) is 5.92. The van der Waals surface area contributed by atoms with Gasteiger partial charge in [0.2, 0.25) is 0 Å². The molecule has 212 valence electrons. The third-order valence-electron chi connectivity index (χ3n) is 8.36. The minimum atomic E-state index is 1.02. The Labute approximate surface area is 269 Å². The monoisotopic (exact) mass is 580 g/mol. The standard InChI is InChI=1S/C46H28/c1-3-7-33(8-4-1)11-13-35-17-21-39-31-45-27-37(19-23-41(45)29-43(39)25-35)15-16-38-20-24-42-30-44-26-36(14-12-34-9-5-2-6-10-34)18-22-40(44)32-46(42)28-38/h1-10,15-32H/b16-15+. The zero-order valence-corrected chi connectivity index (χ0v) is 25.2. The van der Waals surface area contributed by atoms with Crippen LogP contribution < -0.4 is 0 Å². The molecule has 0 atom stereocenters. The highest BCUT2D eigenvalue weighted by molar-refractivity contribution is 6.01. The number of hydrogen-bond acceptors (Lipinski definition) is 0. The normalized spacial score (nSPS) is 11.0. The van der Waals surface area contributed by atoms with Crippen LogP contribution in [0.5, 0.6) is 0 Å². The predicted octanol–water partition coefficient (Wildman–Crippen LogP) is 11.3. The molecule has 8 rings (SSSR count). The summed E-state index contributed by atoms with van der Waals surface area (Å²) in [4.78, 5) is 0. The number of rotatable bonds is 2. The molecule has 0 saturated carbocycles. The van der Waals surface area contributed by atoms with Crippen molar-refractivity contribution in [3.8, 4) is 23.7 Å². The zero-order chi connectivity index (χ0) is 30.7. The molecule has 0 nitrogen and oxygen atoms in total. The molecule has 8 aromatic carbocycles. The Kier molecular flexibility index (Phi) is 7.09. The molecule has 0 saturated heterocycles. The van der Waals surface area contributed by atoms with E-state index in [0.717, 1.165) is 22.3 Å². The number of benzene rings is 8. The summed E-state index contributed by atoms with van der Waals surface area (Å²) in [7, 11) is 0. The second-order valence-electron chi connectivity index (χ2n) is 11.6. The van der Waals surface area contributed by atoms with Crippen molar-refractivity contribution in [2.45, 2.75) is 0 Å². The van der Waals surface area contributed by atoms with Crippen LogP contribution in [-0.2, 0) is 0 Å². The van der Waals surface area contributed by atoms with Gasteiger partial charge in [-0.3, -0.25) is 0 Å². The maximum atomic E-state index is 3.31. The van der Waals surface area contributed by atoms with Gasteiger partial charge in [-0.1, -0.05) is 109 Å². The molecular weight excluding hydrogens is 553 g/mol. The average Bonchev–Trinajstić information content (AvgIpc) is 3.11. The Morgan fingerprint density at radius 1 is 0.261 bits per heavy atom. The lowest BCUT2D eigenvalue weighted by molar-refractivity contribution is 1.64. The average molecular weight is 581 g/mol. The lowest BCUT2D eigenvalue weighted by Gasteiger charge is -2.06. The van der Waals surface area contributed by atoms with Crippen molar-refractivity contribution in [1.29, 1.82) is 0 Å². The van der Waals surface area contributed by atoms with Crippen LogP contribution >= 0.6 is 0 Å². The lowest BCUT2D eigenvalue weighted by atomic mass is 9.99. The highest BCUT2D eigenvalue weighted by atomic mass is 14.1. The topological polar surface area (TPSA) is 0 Å². The van der Waals surface area contributed by atoms with Gasteiger partial charge >= 0.3 is 0 Å². The molecule has 8 aromatic rings. The molecule has 0 bridgehead atoms. The van der Waals surface area contributed by atoms with Gasteiger partial charge in [-0.05, 0) is 139 Å². The molecule has 0 aromatic heterocycles. The Morgan fingerprint density at radius 2 is 0.609 bits per heavy atom. The molecule has 0 aliphatic rings. The van der Waals surface area contributed by atoms with E-state index in [1.807, 2.05) is 60.7 Å². The van der Waals surface area contributed by atoms with Crippen LogP contribution in [-0.4, -0.2) is 0 Å². The van der Waals surface area contributed by atoms with Crippen LogP contribution in [0.25, 0.3) is 55.2 Å². The second kappa shape index (κ2) is 12.0. The van der Waals surface area contributed by atoms with Crippen molar-refractivity contribution in [3.05, 3.63) is 191 Å². The van der Waals surface area contributed by atoms with Gasteiger partial charge in [0.15, 0.2) is 0 Å². The summed E-state index contributed by atoms with van der Waals surface area (Å²) in [6, 6.07) is 55.6. The Hall–Kier alpha value is -6.34. The van der Waals surface area contributed by atoms with Gasteiger partial charge in [-0.25, -0.2) is 0 Å². The fraction of sp³-hybridized carbons (Fsp3) is 0. The summed E-state index contributed by atoms with van der Waals surface area (Å²) in [6.07, 6.45) is 4.40. The minimum Gasteiger partial charge on any atom is -0.0622 e. The highest BCUT2D eigenvalue weighted by Crippen LogP contribution is 2.27. The van der Waals surface area contributed by atoms with Crippen LogP contribution in [0, 0.1) is 23.7 Å². The summed E-state index contributed by atoms with van der Waals surface area (Å²) < 4.78 is 0. The van der Waals surface area contributed by atoms with Crippen molar-refractivity contribution in [3.63, 3.8) is 0 Å². The first kappa shape index (κ1) is 27.2. The summed E-state index contributed by atoms with van der Waals surface area (Å²) in [6.45, 7) is 0. The number of fused-ring (bicyclic) bond motifs is 4. The number of hydrogen-bond donors (Lipinski definition) is 0. The van der Waals surface area contributed by atoms with Crippen LogP contribution in [0.2, 0.25) is 0 Å². The summed E-state index contributed by atoms with van der Waals surface area (Å²) in [5.41, 5.74) is 6.46. The molecule has 0 heterocycles. The smallest absolute Gasteiger partial charge is 0.0255 e. The maximum absolute atomic E-state index is 3.31. The van der Waals surface area contributed by atoms with Crippen molar-refractivity contribution >= 4 is 55.2 Å². The summed E-state index contributed by atoms with van der Waals surface area (Å²) in [5, 5.41) is 9.76. The van der Waals surface area contributed by atoms with Gasteiger partial charge in [0.05, 0.1) is 0 Å². The van der Waals surface area contributed by atoms with Gasteiger partial charge in [0, 0.05) is 22.3 Å². The lowest BCUT2D eigenvalue weighted by Crippen LogP contribution is -1.82. The Balaban J connectivity index is 1.03. The first-order chi connectivity index (χ1) is 22.7. The zero-order valence-electron chi connectivity index (χ0n) is 25.2. The second-order valence-corrected chi connectivity index (χ2v) is 11.6. The molecule has 0 heteroatoms. The quantitative estimate of drug-likeness (QED) is 0.108. The van der Waals surface area contributed by atoms with Crippen molar-refractivity contribution in [1.82, 2.24) is 0 Å². The van der Waals surface area contributed by atoms with Gasteiger partial charge in [-0.2, -0.15) is 0 Å². The molecule has 0 fully saturated rings. The van der Waals surface area contributed by atoms with E-state index < -0.39 is 0 Å². The molecule has 0 aliphatic carbocycles. The Morgan fingerprint density at radius 3 is 1.02 bits per heavy atom. The van der Waals surface area contributed by atoms with E-state index in [0.29, 0.717) is 0 Å². The van der Waals surface area contributed by atoms with E-state index in [1.54, 1.807) is 0 Å². The van der Waals surface area contributed by atoms with E-state index in [1.165, 1.54) is 54.2 Å². The highest BCUT2D eigenvalue weighted by Gasteiger charge is 2.03. The van der Waals surface area contributed by atoms with Crippen LogP contribution in [0.3, 0.4) is 0 Å². The van der Waals surface area contributed by atoms with Crippen LogP contribution in [0.15, 0.2) is 158 Å². The van der Waals surface area contributed by atoms with Crippen LogP contribution in [0.4, 0.5) is 0 Å². The molecule has 0 unspecified atom stereocenters. The molecule has 0 amide bonds. The fourth-order valence-corrected chi connectivity index (χ4v) is 5.92. The molecule has 46 heavy (non-hydrogen) atoms. The largest absolute Gasteiger partial charge is 0.0622 e. The van der Waals surface area contributed by atoms with Gasteiger partial charge in [0.1, 0.15) is 0 Å². The van der Waals surface area contributed by atoms with E-state index in [4.69, 9.17) is 0 Å². The van der Waals surface area contributed by atoms with Crippen molar-refractivity contribution in [2.75, 3.05) is 0 Å². The van der Waals surface area contributed by atoms with E-state index >= 15 is 0 Å². The SMILES string of the molecule is C(#Cc1ccc2cc3cc(/C=C/c4ccc5cc6cc(C#Cc7ccccc7)ccc6cc5c4)ccc3cc2c1)c1ccccc1. The Bertz CT molecular complexity index is 2380. The van der Waals surface area contributed by atoms with Crippen LogP contribution in [0.1, 0.15) is 33.4 Å². The first-order valence-electron chi connectivity index (χ1n) is 15.5. The molecule has 0 N–H and O–H groups in total. The summed E-state index contributed by atoms with van der Waals surface area (Å²) >= 11 is 0. The van der Waals surface area contributed by atoms with Gasteiger partial charge < -0.3 is 0 Å². The summed E-state index contributed by atoms with van der Waals surface area (Å²) in [5.74, 6) is 13.1. The first-order valence-corrected chi connectivity index (χ1v) is 15.5. The molecule has 0 spiro atoms. The maximum Gasteiger partial charge on any atom is 0.0255 e. The molecule has 0 aliphatic heterocycles. The predicted molar refractivity (Wildman–Crippen MR) is 197 cm³/mol. The third-order valence-corrected chi connectivity index (χ3v) is 8.36. The van der Waals surface area contributed by atoms with E-state index in [-0.39, 0.29) is 0 Å². The molecule has 0 radical (unpaired) electrons. The van der Waals surface area contributed by atoms with Crippen molar-refractivity contribution < 1.29 is 0 Å². The molecular formula is C46H28. The van der Waals surface area contributed by atoms with Crippen molar-refractivity contribution in [2.24, 2.45) is 0 Å². The van der Waals surface area contributed by atoms with E-state index in [2.05, 4.69) is 133 Å². The minimum absolute atomic E-state index is 1.02. The third kappa shape index (κ3) is 5.89.